The SMILES string of the molecule is C=CCOC(=O)Oc1ccc(C[C@@H](O)[C@@H]2NC(=O)[C@@H]3C[C@@H](O)CN3C(=O)[C@H]([C@@H](C)O)NC(=O)C(NC(=O)c3ccc(-c4nnc(-c5ccc(-c6ccc(N7C[C@@H](C)O[C@@H](C)C7)cc6)cc5)s4)cc3)C[C@@H](O)CNC(=O)[C@@H]3[C@@H](O)[C@@H](C)CN3C(=O)[C@H]([C@H](O)CCN(C(=O)OCC=C)C(CO)CO)NC2=O)cc1OS(O)(O)O. The van der Waals surface area contributed by atoms with Crippen molar-refractivity contribution in [2.24, 2.45) is 5.92 Å². The molecule has 15 atom stereocenters. The van der Waals surface area contributed by atoms with Crippen molar-refractivity contribution in [2.75, 3.05) is 70.6 Å². The first-order chi connectivity index (χ1) is 52.8. The third-order valence-corrected chi connectivity index (χ3v) is 20.4. The molecular weight excluding hydrogens is 1490 g/mol. The first-order valence-corrected chi connectivity index (χ1v) is 37.8. The van der Waals surface area contributed by atoms with Crippen LogP contribution in [0.1, 0.15) is 62.9 Å². The summed E-state index contributed by atoms with van der Waals surface area (Å²) in [5.74, 6) is -11.1. The van der Waals surface area contributed by atoms with Gasteiger partial charge in [0.25, 0.3) is 17.1 Å². The summed E-state index contributed by atoms with van der Waals surface area (Å²) < 4.78 is 55.6. The maximum atomic E-state index is 15.4. The zero-order valence-electron chi connectivity index (χ0n) is 61.0. The lowest BCUT2D eigenvalue weighted by atomic mass is 9.98. The molecular formula is C73H93N11O25S2. The van der Waals surface area contributed by atoms with Gasteiger partial charge < -0.3 is 110 Å². The van der Waals surface area contributed by atoms with E-state index in [-0.39, 0.29) is 36.5 Å². The number of β-amino-alcohol motifs (C(OH)–C–C–N with tert-alkyl or cyclic N) is 1. The van der Waals surface area contributed by atoms with Gasteiger partial charge in [0, 0.05) is 86.8 Å². The average molecular weight is 1590 g/mol. The second-order valence-corrected chi connectivity index (χ2v) is 29.5. The first-order valence-electron chi connectivity index (χ1n) is 35.6. The number of fused-ring (bicyclic) bond motifs is 2. The molecule has 9 rings (SSSR count). The smallest absolute Gasteiger partial charge is 0.445 e. The van der Waals surface area contributed by atoms with Gasteiger partial charge in [-0.3, -0.25) is 47.2 Å². The number of anilines is 1. The predicted molar refractivity (Wildman–Crippen MR) is 399 cm³/mol. The Labute approximate surface area is 643 Å². The molecule has 38 heteroatoms. The van der Waals surface area contributed by atoms with Crippen LogP contribution in [0.5, 0.6) is 11.5 Å². The highest BCUT2D eigenvalue weighted by molar-refractivity contribution is 8.15. The van der Waals surface area contributed by atoms with Crippen LogP contribution in [0.3, 0.4) is 0 Å². The monoisotopic (exact) mass is 1590 g/mol. The van der Waals surface area contributed by atoms with Gasteiger partial charge >= 0.3 is 12.2 Å². The van der Waals surface area contributed by atoms with E-state index >= 15 is 9.59 Å². The molecule has 1 unspecified atom stereocenters. The van der Waals surface area contributed by atoms with E-state index in [0.29, 0.717) is 15.6 Å². The number of carbonyl (C=O) groups is 9. The van der Waals surface area contributed by atoms with E-state index in [1.54, 1.807) is 12.1 Å². The van der Waals surface area contributed by atoms with Gasteiger partial charge in [-0.25, -0.2) is 9.59 Å². The van der Waals surface area contributed by atoms with Gasteiger partial charge in [0.05, 0.1) is 68.1 Å². The first kappa shape index (κ1) is 85.2. The van der Waals surface area contributed by atoms with Crippen molar-refractivity contribution in [2.45, 2.75) is 145 Å². The number of aromatic nitrogens is 2. The second kappa shape index (κ2) is 38.4. The maximum Gasteiger partial charge on any atom is 0.514 e. The minimum atomic E-state index is -4.93. The molecule has 0 spiro atoms. The van der Waals surface area contributed by atoms with Gasteiger partial charge in [-0.2, -0.15) is 0 Å². The van der Waals surface area contributed by atoms with Crippen molar-refractivity contribution >= 4 is 81.8 Å². The predicted octanol–water partition coefficient (Wildman–Crippen LogP) is 0.688. The Kier molecular flexibility index (Phi) is 29.5. The molecule has 4 saturated heterocycles. The van der Waals surface area contributed by atoms with Crippen molar-refractivity contribution in [3.8, 4) is 43.8 Å². The largest absolute Gasteiger partial charge is 0.514 e. The number of aliphatic hydroxyl groups excluding tert-OH is 8. The number of ether oxygens (including phenoxy) is 4. The van der Waals surface area contributed by atoms with E-state index in [1.165, 1.54) is 42.5 Å². The Bertz CT molecular complexity index is 4100. The summed E-state index contributed by atoms with van der Waals surface area (Å²) in [6, 6.07) is 11.4. The Balaban J connectivity index is 1.01. The van der Waals surface area contributed by atoms with Crippen LogP contribution in [0, 0.1) is 5.92 Å². The van der Waals surface area contributed by atoms with Crippen molar-refractivity contribution in [1.82, 2.24) is 51.5 Å². The van der Waals surface area contributed by atoms with Crippen molar-refractivity contribution in [3.63, 3.8) is 0 Å². The second-order valence-electron chi connectivity index (χ2n) is 27.4. The Hall–Kier alpha value is -9.78. The Morgan fingerprint density at radius 3 is 1.86 bits per heavy atom. The summed E-state index contributed by atoms with van der Waals surface area (Å²) in [6.45, 7) is 10.0. The van der Waals surface area contributed by atoms with Crippen molar-refractivity contribution in [1.29, 1.82) is 0 Å². The van der Waals surface area contributed by atoms with E-state index in [9.17, 15) is 88.1 Å². The van der Waals surface area contributed by atoms with Crippen LogP contribution >= 0.6 is 22.5 Å². The van der Waals surface area contributed by atoms with Gasteiger partial charge in [0.2, 0.25) is 35.4 Å². The highest BCUT2D eigenvalue weighted by Crippen LogP contribution is 2.42. The van der Waals surface area contributed by atoms with E-state index in [0.717, 1.165) is 75.3 Å². The van der Waals surface area contributed by atoms with Crippen LogP contribution in [-0.4, -0.2) is 290 Å². The fourth-order valence-corrected chi connectivity index (χ4v) is 14.5. The van der Waals surface area contributed by atoms with Crippen LogP contribution in [0.4, 0.5) is 15.3 Å². The molecule has 111 heavy (non-hydrogen) atoms. The fraction of sp³-hybridized carbons (Fsp3) is 0.466. The van der Waals surface area contributed by atoms with Gasteiger partial charge in [-0.15, -0.1) is 10.2 Å². The number of carbonyl (C=O) groups excluding carboxylic acids is 9. The summed E-state index contributed by atoms with van der Waals surface area (Å²) in [7, 11) is 0. The topological polar surface area (TPSA) is 521 Å². The number of hydrogen-bond donors (Lipinski definition) is 16. The number of benzene rings is 4. The van der Waals surface area contributed by atoms with Crippen molar-refractivity contribution in [3.05, 3.63) is 127 Å². The van der Waals surface area contributed by atoms with Crippen LogP contribution in [0.25, 0.3) is 32.3 Å². The summed E-state index contributed by atoms with van der Waals surface area (Å²) in [6.07, 6.45) is -14.3. The quantitative estimate of drug-likeness (QED) is 0.0229. The minimum Gasteiger partial charge on any atom is -0.445 e. The number of nitrogens with zero attached hydrogens (tertiary/aromatic N) is 6. The highest BCUT2D eigenvalue weighted by Gasteiger charge is 2.50. The zero-order valence-corrected chi connectivity index (χ0v) is 62.6. The molecule has 36 nitrogen and oxygen atoms in total. The molecule has 602 valence electrons. The fourth-order valence-electron chi connectivity index (χ4n) is 13.3. The van der Waals surface area contributed by atoms with E-state index in [4.69, 9.17) is 23.1 Å². The summed E-state index contributed by atoms with van der Waals surface area (Å²) in [5.41, 5.74) is 4.25. The molecule has 0 bridgehead atoms. The molecule has 0 saturated carbocycles. The number of morpholine rings is 1. The average Bonchev–Trinajstić information content (AvgIpc) is 1.67. The molecule has 4 aromatic carbocycles. The summed E-state index contributed by atoms with van der Waals surface area (Å²) in [5, 5.41) is 113. The van der Waals surface area contributed by atoms with E-state index in [1.807, 2.05) is 24.3 Å². The zero-order chi connectivity index (χ0) is 80.7. The third-order valence-electron chi connectivity index (χ3n) is 18.9. The third kappa shape index (κ3) is 22.1. The number of amides is 8. The van der Waals surface area contributed by atoms with Gasteiger partial charge in [-0.05, 0) is 80.3 Å². The van der Waals surface area contributed by atoms with E-state index in [2.05, 4.69) is 93.0 Å². The number of hydrogen-bond acceptors (Lipinski definition) is 29. The van der Waals surface area contributed by atoms with Crippen molar-refractivity contribution < 1.29 is 121 Å². The molecule has 8 amide bonds. The summed E-state index contributed by atoms with van der Waals surface area (Å²) in [4.78, 5) is 135. The van der Waals surface area contributed by atoms with Crippen LogP contribution in [0.2, 0.25) is 0 Å². The van der Waals surface area contributed by atoms with E-state index < -0.39 is 226 Å². The van der Waals surface area contributed by atoms with Gasteiger partial charge in [0.15, 0.2) is 11.5 Å². The lowest BCUT2D eigenvalue weighted by Crippen LogP contribution is -2.64. The summed E-state index contributed by atoms with van der Waals surface area (Å²) >= 11 is -3.65. The maximum absolute atomic E-state index is 15.4. The molecule has 4 aliphatic heterocycles. The molecule has 0 radical (unpaired) electrons. The van der Waals surface area contributed by atoms with Crippen LogP contribution < -0.4 is 40.4 Å². The van der Waals surface area contributed by atoms with Crippen LogP contribution in [0.15, 0.2) is 116 Å². The number of rotatable bonds is 24. The molecule has 16 N–H and O–H groups in total. The Morgan fingerprint density at radius 1 is 0.685 bits per heavy atom. The number of nitrogens with one attached hydrogen (secondary N) is 5. The highest BCUT2D eigenvalue weighted by atomic mass is 32.3. The molecule has 4 fully saturated rings. The normalized spacial score (nSPS) is 24.8. The standard InChI is InChI=1S/C73H93N11O25S2/c1-7-25-105-72(100)82(49(36-85)37-86)24-23-54(90)60-71(99)84-32-38(3)62(92)61(84)67(97)74-31-50(88)29-52(75-63(93)45-12-16-47(17-13-45)69-80-79-68(110-69)46-14-10-43(11-15-46)44-18-20-48(21-19-44)81-33-39(4)107-40(5)34-81)64(94)76-58(41(6)87)70(98)83-35-51(89)30-53(83)65(95)77-59(66(96)78-60)55(91)27-42-9-22-56(108-73(101)106-26-8-2)57(28-42)109-111(102,103)104/h7-22,28,38-41,49-55,58-62,85-92,102-104H,1-2,23-27,29-37H2,3-6H3,(H,74,97)(H,75,93)(H,76,94)(H,77,95)(H,78,96)/t38-,39-,40+,41+,50+,51+,52?,53-,54+,55+,58-,59-,60-,61-,62-/m0/s1. The van der Waals surface area contributed by atoms with Crippen LogP contribution in [-0.2, 0) is 49.4 Å². The molecule has 1 aromatic heterocycles. The molecule has 0 aliphatic carbocycles. The molecule has 5 aromatic rings. The number of aliphatic hydroxyl groups is 8. The molecule has 4 aliphatic rings. The lowest BCUT2D eigenvalue weighted by Gasteiger charge is -2.36. The lowest BCUT2D eigenvalue weighted by molar-refractivity contribution is -0.147. The minimum absolute atomic E-state index is 0.0361. The molecule has 5 heterocycles. The van der Waals surface area contributed by atoms with Gasteiger partial charge in [-0.1, -0.05) is 98.2 Å². The Morgan fingerprint density at radius 2 is 1.26 bits per heavy atom. The van der Waals surface area contributed by atoms with Gasteiger partial charge in [0.1, 0.15) is 59.5 Å².